The van der Waals surface area contributed by atoms with Crippen molar-refractivity contribution < 1.29 is 9.53 Å². The van der Waals surface area contributed by atoms with Crippen LogP contribution in [0, 0.1) is 6.92 Å². The maximum Gasteiger partial charge on any atom is 0.407 e. The first-order chi connectivity index (χ1) is 9.73. The highest BCUT2D eigenvalue weighted by molar-refractivity contribution is 6.25. The van der Waals surface area contributed by atoms with Gasteiger partial charge in [-0.25, -0.2) is 4.79 Å². The molecule has 1 aromatic carbocycles. The minimum atomic E-state index is -0.503. The van der Waals surface area contributed by atoms with E-state index in [1.807, 2.05) is 26.8 Å². The number of carbonyl (C=O) groups excluding carboxylic acids is 1. The van der Waals surface area contributed by atoms with Crippen LogP contribution in [-0.2, 0) is 4.74 Å². The standard InChI is InChI=1S/C17H24ClNO2/c1-12-7-6-8-14(9-12)13(2)15(10-18)11-19-16(20)21-17(3,4)5/h6-10,13H,11H2,1-5H3,(H,19,20)/b15-10+. The van der Waals surface area contributed by atoms with Crippen LogP contribution >= 0.6 is 11.6 Å². The van der Waals surface area contributed by atoms with Gasteiger partial charge in [0.1, 0.15) is 5.60 Å². The molecule has 21 heavy (non-hydrogen) atoms. The number of carbonyl (C=O) groups is 1. The molecule has 0 radical (unpaired) electrons. The van der Waals surface area contributed by atoms with Crippen molar-refractivity contribution in [1.29, 1.82) is 0 Å². The summed E-state index contributed by atoms with van der Waals surface area (Å²) < 4.78 is 5.22. The molecule has 0 saturated heterocycles. The Labute approximate surface area is 132 Å². The van der Waals surface area contributed by atoms with Gasteiger partial charge in [0.25, 0.3) is 0 Å². The molecular weight excluding hydrogens is 286 g/mol. The van der Waals surface area contributed by atoms with E-state index in [1.54, 1.807) is 0 Å². The minimum absolute atomic E-state index is 0.136. The van der Waals surface area contributed by atoms with Gasteiger partial charge in [0, 0.05) is 18.0 Å². The number of nitrogens with one attached hydrogen (secondary N) is 1. The molecule has 3 nitrogen and oxygen atoms in total. The lowest BCUT2D eigenvalue weighted by molar-refractivity contribution is 0.0532. The van der Waals surface area contributed by atoms with Crippen LogP contribution < -0.4 is 5.32 Å². The topological polar surface area (TPSA) is 38.3 Å². The third kappa shape index (κ3) is 6.21. The Morgan fingerprint density at radius 2 is 2.10 bits per heavy atom. The second kappa shape index (κ2) is 7.51. The summed E-state index contributed by atoms with van der Waals surface area (Å²) in [4.78, 5) is 11.7. The van der Waals surface area contributed by atoms with Crippen molar-refractivity contribution in [3.63, 3.8) is 0 Å². The highest BCUT2D eigenvalue weighted by atomic mass is 35.5. The Kier molecular flexibility index (Phi) is 6.28. The van der Waals surface area contributed by atoms with Gasteiger partial charge in [-0.05, 0) is 38.8 Å². The Morgan fingerprint density at radius 1 is 1.43 bits per heavy atom. The zero-order valence-electron chi connectivity index (χ0n) is 13.4. The summed E-state index contributed by atoms with van der Waals surface area (Å²) in [7, 11) is 0. The molecule has 0 aliphatic rings. The Morgan fingerprint density at radius 3 is 2.62 bits per heavy atom. The van der Waals surface area contributed by atoms with Crippen molar-refractivity contribution in [2.75, 3.05) is 6.54 Å². The average molecular weight is 310 g/mol. The fourth-order valence-corrected chi connectivity index (χ4v) is 2.19. The Hall–Kier alpha value is -1.48. The summed E-state index contributed by atoms with van der Waals surface area (Å²) in [6.45, 7) is 9.99. The molecule has 0 aromatic heterocycles. The van der Waals surface area contributed by atoms with Gasteiger partial charge in [0.15, 0.2) is 0 Å². The fraction of sp³-hybridized carbons (Fsp3) is 0.471. The van der Waals surface area contributed by atoms with Crippen LogP contribution in [-0.4, -0.2) is 18.2 Å². The summed E-state index contributed by atoms with van der Waals surface area (Å²) >= 11 is 5.91. The number of hydrogen-bond acceptors (Lipinski definition) is 2. The largest absolute Gasteiger partial charge is 0.444 e. The normalized spacial score (nSPS) is 13.7. The van der Waals surface area contributed by atoms with E-state index < -0.39 is 11.7 Å². The van der Waals surface area contributed by atoms with Crippen molar-refractivity contribution in [1.82, 2.24) is 5.32 Å². The number of aryl methyl sites for hydroxylation is 1. The van der Waals surface area contributed by atoms with E-state index in [2.05, 4.69) is 37.4 Å². The summed E-state index contributed by atoms with van der Waals surface area (Å²) in [5, 5.41) is 2.74. The van der Waals surface area contributed by atoms with Crippen LogP contribution in [0.4, 0.5) is 4.79 Å². The van der Waals surface area contributed by atoms with Gasteiger partial charge in [-0.1, -0.05) is 48.4 Å². The number of amides is 1. The third-order valence-corrected chi connectivity index (χ3v) is 3.35. The Bertz CT molecular complexity index is 518. The zero-order chi connectivity index (χ0) is 16.0. The molecule has 1 N–H and O–H groups in total. The SMILES string of the molecule is Cc1cccc(C(C)/C(=C/Cl)CNC(=O)OC(C)(C)C)c1. The molecule has 0 spiro atoms. The first kappa shape index (κ1) is 17.6. The first-order valence-corrected chi connectivity index (χ1v) is 7.49. The monoisotopic (exact) mass is 309 g/mol. The predicted molar refractivity (Wildman–Crippen MR) is 87.8 cm³/mol. The van der Waals surface area contributed by atoms with Crippen LogP contribution in [0.5, 0.6) is 0 Å². The molecule has 1 atom stereocenters. The highest BCUT2D eigenvalue weighted by Gasteiger charge is 2.17. The van der Waals surface area contributed by atoms with Gasteiger partial charge in [0.2, 0.25) is 0 Å². The van der Waals surface area contributed by atoms with E-state index in [1.165, 1.54) is 16.7 Å². The Balaban J connectivity index is 2.66. The number of benzene rings is 1. The second-order valence-corrected chi connectivity index (χ2v) is 6.39. The lowest BCUT2D eigenvalue weighted by atomic mass is 9.93. The number of alkyl carbamates (subject to hydrolysis) is 1. The van der Waals surface area contributed by atoms with Gasteiger partial charge < -0.3 is 10.1 Å². The van der Waals surface area contributed by atoms with Crippen LogP contribution in [0.3, 0.4) is 0 Å². The quantitative estimate of drug-likeness (QED) is 0.872. The number of halogens is 1. The minimum Gasteiger partial charge on any atom is -0.444 e. The third-order valence-electron chi connectivity index (χ3n) is 3.07. The molecule has 1 aromatic rings. The van der Waals surface area contributed by atoms with Crippen molar-refractivity contribution in [2.24, 2.45) is 0 Å². The zero-order valence-corrected chi connectivity index (χ0v) is 14.1. The molecular formula is C17H24ClNO2. The summed E-state index contributed by atoms with van der Waals surface area (Å²) in [5.74, 6) is 0.136. The van der Waals surface area contributed by atoms with Crippen LogP contribution in [0.1, 0.15) is 44.7 Å². The molecule has 1 rings (SSSR count). The molecule has 0 saturated carbocycles. The first-order valence-electron chi connectivity index (χ1n) is 7.05. The number of ether oxygens (including phenoxy) is 1. The molecule has 116 valence electrons. The van der Waals surface area contributed by atoms with Gasteiger partial charge in [0.05, 0.1) is 0 Å². The number of rotatable bonds is 4. The second-order valence-electron chi connectivity index (χ2n) is 6.18. The maximum atomic E-state index is 11.7. The molecule has 4 heteroatoms. The van der Waals surface area contributed by atoms with Gasteiger partial charge in [-0.3, -0.25) is 0 Å². The van der Waals surface area contributed by atoms with Crippen LogP contribution in [0.25, 0.3) is 0 Å². The van der Waals surface area contributed by atoms with E-state index in [-0.39, 0.29) is 5.92 Å². The molecule has 1 amide bonds. The molecule has 1 unspecified atom stereocenters. The fourth-order valence-electron chi connectivity index (χ4n) is 1.93. The summed E-state index contributed by atoms with van der Waals surface area (Å²) in [6, 6.07) is 8.26. The maximum absolute atomic E-state index is 11.7. The molecule has 0 bridgehead atoms. The van der Waals surface area contributed by atoms with Crippen molar-refractivity contribution >= 4 is 17.7 Å². The van der Waals surface area contributed by atoms with Gasteiger partial charge >= 0.3 is 6.09 Å². The van der Waals surface area contributed by atoms with Crippen molar-refractivity contribution in [3.8, 4) is 0 Å². The molecule has 0 fully saturated rings. The van der Waals surface area contributed by atoms with Crippen LogP contribution in [0.2, 0.25) is 0 Å². The van der Waals surface area contributed by atoms with E-state index in [4.69, 9.17) is 16.3 Å². The molecule has 0 aliphatic carbocycles. The lowest BCUT2D eigenvalue weighted by Crippen LogP contribution is -2.34. The molecule has 0 aliphatic heterocycles. The summed E-state index contributed by atoms with van der Waals surface area (Å²) in [5.41, 5.74) is 4.34. The average Bonchev–Trinajstić information content (AvgIpc) is 2.37. The number of hydrogen-bond donors (Lipinski definition) is 1. The summed E-state index contributed by atoms with van der Waals surface area (Å²) in [6.07, 6.45) is -0.435. The van der Waals surface area contributed by atoms with E-state index >= 15 is 0 Å². The van der Waals surface area contributed by atoms with Crippen LogP contribution in [0.15, 0.2) is 35.4 Å². The van der Waals surface area contributed by atoms with E-state index in [0.717, 1.165) is 5.57 Å². The lowest BCUT2D eigenvalue weighted by Gasteiger charge is -2.21. The van der Waals surface area contributed by atoms with E-state index in [9.17, 15) is 4.79 Å². The predicted octanol–water partition coefficient (Wildman–Crippen LogP) is 4.75. The highest BCUT2D eigenvalue weighted by Crippen LogP contribution is 2.24. The van der Waals surface area contributed by atoms with Gasteiger partial charge in [-0.2, -0.15) is 0 Å². The van der Waals surface area contributed by atoms with E-state index in [0.29, 0.717) is 6.54 Å². The van der Waals surface area contributed by atoms with Crippen molar-refractivity contribution in [2.45, 2.75) is 46.1 Å². The van der Waals surface area contributed by atoms with Gasteiger partial charge in [-0.15, -0.1) is 0 Å². The smallest absolute Gasteiger partial charge is 0.407 e. The molecule has 0 heterocycles. The van der Waals surface area contributed by atoms with Crippen molar-refractivity contribution in [3.05, 3.63) is 46.5 Å².